The quantitative estimate of drug-likeness (QED) is 0.602. The Bertz CT molecular complexity index is 222. The molecule has 0 unspecified atom stereocenters. The average molecular weight is 173 g/mol. The van der Waals surface area contributed by atoms with E-state index in [1.807, 2.05) is 0 Å². The summed E-state index contributed by atoms with van der Waals surface area (Å²) in [6.07, 6.45) is -2.68. The number of sulfonamides is 1. The second-order valence-corrected chi connectivity index (χ2v) is 3.29. The van der Waals surface area contributed by atoms with E-state index >= 15 is 0 Å². The third-order valence-electron chi connectivity index (χ3n) is 0.484. The van der Waals surface area contributed by atoms with E-state index in [1.54, 1.807) is 0 Å². The Morgan fingerprint density at radius 2 is 1.90 bits per heavy atom. The number of amides is 1. The summed E-state index contributed by atoms with van der Waals surface area (Å²) in [5, 5.41) is 0. The first-order valence-electron chi connectivity index (χ1n) is 2.12. The van der Waals surface area contributed by atoms with Gasteiger partial charge in [0.2, 0.25) is 10.0 Å². The molecule has 0 heterocycles. The van der Waals surface area contributed by atoms with Crippen LogP contribution in [-0.4, -0.2) is 27.0 Å². The van der Waals surface area contributed by atoms with Crippen molar-refractivity contribution in [1.29, 1.82) is 0 Å². The highest BCUT2D eigenvalue weighted by Gasteiger charge is 2.18. The number of nitrogens with one attached hydrogen (secondary N) is 1. The lowest BCUT2D eigenvalue weighted by molar-refractivity contribution is -0.129. The van der Waals surface area contributed by atoms with Gasteiger partial charge in [-0.25, -0.2) is 13.1 Å². The van der Waals surface area contributed by atoms with Crippen LogP contribution < -0.4 is 4.72 Å². The molecule has 0 bridgehead atoms. The lowest BCUT2D eigenvalue weighted by Gasteiger charge is -1.98. The highest BCUT2D eigenvalue weighted by molar-refractivity contribution is 7.89. The number of alkyl halides is 2. The number of hydrogen-bond donors (Lipinski definition) is 1. The maximum Gasteiger partial charge on any atom is 0.316 e. The number of halogens is 2. The first-order valence-corrected chi connectivity index (χ1v) is 4.02. The molecular formula is C3H5F2NO3S. The van der Waals surface area contributed by atoms with Crippen LogP contribution in [0.25, 0.3) is 0 Å². The van der Waals surface area contributed by atoms with Crippen LogP contribution in [-0.2, 0) is 14.8 Å². The fourth-order valence-corrected chi connectivity index (χ4v) is 0.682. The molecule has 7 heteroatoms. The van der Waals surface area contributed by atoms with Gasteiger partial charge in [-0.15, -0.1) is 0 Å². The summed E-state index contributed by atoms with van der Waals surface area (Å²) in [5.41, 5.74) is 0. The number of rotatable bonds is 2. The van der Waals surface area contributed by atoms with Gasteiger partial charge in [-0.2, -0.15) is 8.78 Å². The Labute approximate surface area is 56.3 Å². The Morgan fingerprint density at radius 1 is 1.50 bits per heavy atom. The molecule has 0 fully saturated rings. The van der Waals surface area contributed by atoms with E-state index in [4.69, 9.17) is 0 Å². The van der Waals surface area contributed by atoms with E-state index in [0.29, 0.717) is 6.26 Å². The van der Waals surface area contributed by atoms with E-state index in [0.717, 1.165) is 4.72 Å². The van der Waals surface area contributed by atoms with E-state index in [2.05, 4.69) is 0 Å². The molecule has 0 aromatic rings. The van der Waals surface area contributed by atoms with E-state index in [1.165, 1.54) is 0 Å². The Balaban J connectivity index is 4.07. The first kappa shape index (κ1) is 9.28. The molecular weight excluding hydrogens is 168 g/mol. The summed E-state index contributed by atoms with van der Waals surface area (Å²) in [7, 11) is -3.85. The molecule has 10 heavy (non-hydrogen) atoms. The molecule has 0 aromatic heterocycles. The zero-order valence-corrected chi connectivity index (χ0v) is 5.78. The summed E-state index contributed by atoms with van der Waals surface area (Å²) in [6, 6.07) is 0. The van der Waals surface area contributed by atoms with Crippen LogP contribution in [0.5, 0.6) is 0 Å². The van der Waals surface area contributed by atoms with Crippen molar-refractivity contribution < 1.29 is 22.0 Å². The van der Waals surface area contributed by atoms with Gasteiger partial charge in [-0.3, -0.25) is 4.79 Å². The predicted molar refractivity (Wildman–Crippen MR) is 29.0 cm³/mol. The SMILES string of the molecule is CS(=O)(=O)NC(=O)C(F)F. The van der Waals surface area contributed by atoms with E-state index in [9.17, 15) is 22.0 Å². The first-order chi connectivity index (χ1) is 4.33. The average Bonchev–Trinajstić information content (AvgIpc) is 1.60. The smallest absolute Gasteiger partial charge is 0.267 e. The van der Waals surface area contributed by atoms with Gasteiger partial charge < -0.3 is 0 Å². The van der Waals surface area contributed by atoms with Crippen molar-refractivity contribution in [3.63, 3.8) is 0 Å². The van der Waals surface area contributed by atoms with Crippen molar-refractivity contribution in [3.05, 3.63) is 0 Å². The van der Waals surface area contributed by atoms with Crippen molar-refractivity contribution in [3.8, 4) is 0 Å². The predicted octanol–water partition coefficient (Wildman–Crippen LogP) is -0.673. The van der Waals surface area contributed by atoms with Gasteiger partial charge in [-0.05, 0) is 0 Å². The van der Waals surface area contributed by atoms with Crippen LogP contribution in [0.3, 0.4) is 0 Å². The second kappa shape index (κ2) is 2.91. The molecule has 0 saturated heterocycles. The van der Waals surface area contributed by atoms with Crippen molar-refractivity contribution in [2.75, 3.05) is 6.26 Å². The fraction of sp³-hybridized carbons (Fsp3) is 0.667. The van der Waals surface area contributed by atoms with Crippen LogP contribution in [0.4, 0.5) is 8.78 Å². The summed E-state index contributed by atoms with van der Waals surface area (Å²) >= 11 is 0. The largest absolute Gasteiger partial charge is 0.316 e. The fourth-order valence-electron chi connectivity index (χ4n) is 0.227. The molecule has 60 valence electrons. The van der Waals surface area contributed by atoms with Gasteiger partial charge in [0.25, 0.3) is 0 Å². The van der Waals surface area contributed by atoms with Gasteiger partial charge in [0.1, 0.15) is 0 Å². The zero-order chi connectivity index (χ0) is 8.36. The molecule has 4 nitrogen and oxygen atoms in total. The minimum absolute atomic E-state index is 0.618. The van der Waals surface area contributed by atoms with Gasteiger partial charge in [0, 0.05) is 0 Å². The molecule has 0 saturated carbocycles. The highest BCUT2D eigenvalue weighted by atomic mass is 32.2. The molecule has 0 aliphatic heterocycles. The van der Waals surface area contributed by atoms with Gasteiger partial charge in [-0.1, -0.05) is 0 Å². The third-order valence-corrected chi connectivity index (χ3v) is 1.06. The summed E-state index contributed by atoms with van der Waals surface area (Å²) in [4.78, 5) is 9.92. The van der Waals surface area contributed by atoms with Gasteiger partial charge in [0.05, 0.1) is 6.26 Å². The lowest BCUT2D eigenvalue weighted by Crippen LogP contribution is -2.34. The molecule has 0 atom stereocenters. The Kier molecular flexibility index (Phi) is 2.70. The van der Waals surface area contributed by atoms with E-state index in [-0.39, 0.29) is 0 Å². The summed E-state index contributed by atoms with van der Waals surface area (Å²) in [6.45, 7) is 0. The van der Waals surface area contributed by atoms with Crippen molar-refractivity contribution >= 4 is 15.9 Å². The minimum atomic E-state index is -3.85. The molecule has 0 spiro atoms. The van der Waals surface area contributed by atoms with Crippen LogP contribution in [0.2, 0.25) is 0 Å². The number of hydrogen-bond acceptors (Lipinski definition) is 3. The summed E-state index contributed by atoms with van der Waals surface area (Å²) < 4.78 is 43.8. The molecule has 0 rings (SSSR count). The van der Waals surface area contributed by atoms with Crippen LogP contribution in [0, 0.1) is 0 Å². The van der Waals surface area contributed by atoms with Crippen LogP contribution in [0.15, 0.2) is 0 Å². The van der Waals surface area contributed by atoms with Crippen LogP contribution >= 0.6 is 0 Å². The van der Waals surface area contributed by atoms with Crippen molar-refractivity contribution in [1.82, 2.24) is 4.72 Å². The van der Waals surface area contributed by atoms with Crippen LogP contribution in [0.1, 0.15) is 0 Å². The number of carbonyl (C=O) groups excluding carboxylic acids is 1. The molecule has 1 amide bonds. The molecule has 1 N–H and O–H groups in total. The van der Waals surface area contributed by atoms with Crippen molar-refractivity contribution in [2.45, 2.75) is 6.43 Å². The maximum atomic E-state index is 11.3. The van der Waals surface area contributed by atoms with Gasteiger partial charge in [0.15, 0.2) is 0 Å². The molecule has 0 aliphatic carbocycles. The molecule has 0 aromatic carbocycles. The summed E-state index contributed by atoms with van der Waals surface area (Å²) in [5.74, 6) is -1.80. The van der Waals surface area contributed by atoms with E-state index < -0.39 is 22.4 Å². The Morgan fingerprint density at radius 3 is 2.00 bits per heavy atom. The third kappa shape index (κ3) is 4.19. The standard InChI is InChI=1S/C3H5F2NO3S/c1-10(8,9)6-3(7)2(4)5/h2H,1H3,(H,6,7). The maximum absolute atomic E-state index is 11.3. The Hall–Kier alpha value is -0.720. The normalized spacial score (nSPS) is 11.6. The lowest BCUT2D eigenvalue weighted by atomic mass is 10.7. The number of carbonyl (C=O) groups is 1. The highest BCUT2D eigenvalue weighted by Crippen LogP contribution is 1.91. The molecule has 0 radical (unpaired) electrons. The second-order valence-electron chi connectivity index (χ2n) is 1.54. The van der Waals surface area contributed by atoms with Gasteiger partial charge >= 0.3 is 12.3 Å². The topological polar surface area (TPSA) is 63.2 Å². The molecule has 0 aliphatic rings. The van der Waals surface area contributed by atoms with Crippen molar-refractivity contribution in [2.24, 2.45) is 0 Å². The monoisotopic (exact) mass is 173 g/mol. The minimum Gasteiger partial charge on any atom is -0.267 e. The zero-order valence-electron chi connectivity index (χ0n) is 4.97.